The highest BCUT2D eigenvalue weighted by molar-refractivity contribution is 5.48. The maximum Gasteiger partial charge on any atom is 0.129 e. The molecule has 1 aromatic heterocycles. The minimum absolute atomic E-state index is 0.570. The molecule has 1 aromatic carbocycles. The number of aliphatic hydroxyl groups is 1. The lowest BCUT2D eigenvalue weighted by Gasteiger charge is -2.18. The van der Waals surface area contributed by atoms with E-state index in [1.165, 1.54) is 0 Å². The quantitative estimate of drug-likeness (QED) is 0.871. The molecule has 6 nitrogen and oxygen atoms in total. The molecule has 2 aromatic rings. The molecule has 2 rings (SSSR count). The van der Waals surface area contributed by atoms with Crippen LogP contribution in [-0.4, -0.2) is 34.3 Å². The van der Waals surface area contributed by atoms with Gasteiger partial charge in [0.25, 0.3) is 0 Å². The summed E-state index contributed by atoms with van der Waals surface area (Å²) < 4.78 is 12.3. The Labute approximate surface area is 117 Å². The molecular weight excluding hydrogens is 258 g/mol. The second-order valence-electron chi connectivity index (χ2n) is 4.36. The zero-order valence-electron chi connectivity index (χ0n) is 11.9. The first kappa shape index (κ1) is 14.3. The summed E-state index contributed by atoms with van der Waals surface area (Å²) in [6, 6.07) is 5.39. The maximum absolute atomic E-state index is 10.7. The molecule has 1 atom stereocenters. The molecule has 0 radical (unpaired) electrons. The summed E-state index contributed by atoms with van der Waals surface area (Å²) in [5.41, 5.74) is 1.20. The van der Waals surface area contributed by atoms with Crippen molar-refractivity contribution in [3.63, 3.8) is 0 Å². The van der Waals surface area contributed by atoms with Gasteiger partial charge in [-0.15, -0.1) is 5.10 Å². The van der Waals surface area contributed by atoms with E-state index in [0.29, 0.717) is 29.3 Å². The fourth-order valence-corrected chi connectivity index (χ4v) is 2.16. The zero-order valence-corrected chi connectivity index (χ0v) is 11.9. The van der Waals surface area contributed by atoms with Crippen molar-refractivity contribution in [2.45, 2.75) is 26.0 Å². The van der Waals surface area contributed by atoms with Crippen LogP contribution in [0.15, 0.2) is 24.4 Å². The molecule has 0 amide bonds. The van der Waals surface area contributed by atoms with Crippen LogP contribution in [0.3, 0.4) is 0 Å². The van der Waals surface area contributed by atoms with Crippen LogP contribution in [0.4, 0.5) is 0 Å². The van der Waals surface area contributed by atoms with Gasteiger partial charge in [0.2, 0.25) is 0 Å². The minimum Gasteiger partial charge on any atom is -0.496 e. The lowest BCUT2D eigenvalue weighted by Crippen LogP contribution is -2.12. The number of hydrogen-bond acceptors (Lipinski definition) is 5. The van der Waals surface area contributed by atoms with Crippen LogP contribution in [-0.2, 0) is 6.54 Å². The Morgan fingerprint density at radius 3 is 2.45 bits per heavy atom. The number of aryl methyl sites for hydroxylation is 1. The third kappa shape index (κ3) is 2.60. The van der Waals surface area contributed by atoms with E-state index in [9.17, 15) is 5.11 Å². The van der Waals surface area contributed by atoms with Crippen molar-refractivity contribution in [1.29, 1.82) is 0 Å². The molecule has 0 spiro atoms. The molecule has 0 fully saturated rings. The highest BCUT2D eigenvalue weighted by Crippen LogP contribution is 2.36. The van der Waals surface area contributed by atoms with E-state index in [1.807, 2.05) is 13.0 Å². The van der Waals surface area contributed by atoms with Gasteiger partial charge in [-0.05, 0) is 18.6 Å². The Morgan fingerprint density at radius 1 is 1.25 bits per heavy atom. The van der Waals surface area contributed by atoms with Crippen LogP contribution in [0.2, 0.25) is 0 Å². The van der Waals surface area contributed by atoms with E-state index in [0.717, 1.165) is 6.42 Å². The first-order chi connectivity index (χ1) is 9.72. The van der Waals surface area contributed by atoms with Gasteiger partial charge in [-0.25, -0.2) is 4.68 Å². The van der Waals surface area contributed by atoms with Crippen molar-refractivity contribution in [3.8, 4) is 11.5 Å². The molecule has 0 saturated heterocycles. The number of methoxy groups -OCH3 is 2. The van der Waals surface area contributed by atoms with E-state index < -0.39 is 6.10 Å². The first-order valence-corrected chi connectivity index (χ1v) is 6.50. The van der Waals surface area contributed by atoms with E-state index in [-0.39, 0.29) is 0 Å². The van der Waals surface area contributed by atoms with E-state index in [2.05, 4.69) is 10.3 Å². The Balaban J connectivity index is 2.46. The molecule has 20 heavy (non-hydrogen) atoms. The molecule has 0 aliphatic rings. The predicted molar refractivity (Wildman–Crippen MR) is 73.9 cm³/mol. The van der Waals surface area contributed by atoms with Crippen LogP contribution >= 0.6 is 0 Å². The maximum atomic E-state index is 10.7. The van der Waals surface area contributed by atoms with Crippen molar-refractivity contribution < 1.29 is 14.6 Å². The van der Waals surface area contributed by atoms with Crippen LogP contribution in [0.1, 0.15) is 30.7 Å². The number of hydrogen-bond donors (Lipinski definition) is 1. The molecule has 0 aliphatic carbocycles. The van der Waals surface area contributed by atoms with E-state index >= 15 is 0 Å². The monoisotopic (exact) mass is 277 g/mol. The SMILES string of the molecule is CCCn1nncc1C(O)c1c(OC)cccc1OC. The third-order valence-electron chi connectivity index (χ3n) is 3.10. The van der Waals surface area contributed by atoms with Gasteiger partial charge in [-0.2, -0.15) is 0 Å². The van der Waals surface area contributed by atoms with Gasteiger partial charge in [-0.1, -0.05) is 18.2 Å². The number of aliphatic hydroxyl groups excluding tert-OH is 1. The lowest BCUT2D eigenvalue weighted by molar-refractivity contribution is 0.197. The molecule has 6 heteroatoms. The summed E-state index contributed by atoms with van der Waals surface area (Å²) in [6.45, 7) is 2.74. The van der Waals surface area contributed by atoms with Gasteiger partial charge in [0.1, 0.15) is 17.6 Å². The number of ether oxygens (including phenoxy) is 2. The second-order valence-corrected chi connectivity index (χ2v) is 4.36. The summed E-state index contributed by atoms with van der Waals surface area (Å²) in [5, 5.41) is 18.5. The van der Waals surface area contributed by atoms with Crippen LogP contribution in [0.25, 0.3) is 0 Å². The summed E-state index contributed by atoms with van der Waals surface area (Å²) in [6.07, 6.45) is 1.57. The fraction of sp³-hybridized carbons (Fsp3) is 0.429. The zero-order chi connectivity index (χ0) is 14.5. The molecule has 0 bridgehead atoms. The van der Waals surface area contributed by atoms with Crippen LogP contribution < -0.4 is 9.47 Å². The summed E-state index contributed by atoms with van der Waals surface area (Å²) in [4.78, 5) is 0. The fourth-order valence-electron chi connectivity index (χ4n) is 2.16. The van der Waals surface area contributed by atoms with E-state index in [1.54, 1.807) is 37.2 Å². The van der Waals surface area contributed by atoms with Crippen molar-refractivity contribution >= 4 is 0 Å². The van der Waals surface area contributed by atoms with Crippen molar-refractivity contribution in [2.24, 2.45) is 0 Å². The second kappa shape index (κ2) is 6.38. The molecule has 1 heterocycles. The molecule has 1 N–H and O–H groups in total. The number of nitrogens with zero attached hydrogens (tertiary/aromatic N) is 3. The van der Waals surface area contributed by atoms with E-state index in [4.69, 9.17) is 9.47 Å². The number of aromatic nitrogens is 3. The average molecular weight is 277 g/mol. The van der Waals surface area contributed by atoms with Crippen molar-refractivity contribution in [2.75, 3.05) is 14.2 Å². The van der Waals surface area contributed by atoms with Gasteiger partial charge < -0.3 is 14.6 Å². The Kier molecular flexibility index (Phi) is 4.57. The van der Waals surface area contributed by atoms with Gasteiger partial charge in [0.05, 0.1) is 31.7 Å². The van der Waals surface area contributed by atoms with Gasteiger partial charge in [0.15, 0.2) is 0 Å². The minimum atomic E-state index is -0.900. The number of benzene rings is 1. The van der Waals surface area contributed by atoms with Crippen molar-refractivity contribution in [3.05, 3.63) is 35.7 Å². The molecule has 1 unspecified atom stereocenters. The van der Waals surface area contributed by atoms with Gasteiger partial charge in [0, 0.05) is 6.54 Å². The molecule has 108 valence electrons. The standard InChI is InChI=1S/C14H19N3O3/c1-4-8-17-10(9-15-16-17)14(18)13-11(19-2)6-5-7-12(13)20-3/h5-7,9,14,18H,4,8H2,1-3H3. The summed E-state index contributed by atoms with van der Waals surface area (Å²) >= 11 is 0. The smallest absolute Gasteiger partial charge is 0.129 e. The molecule has 0 saturated carbocycles. The molecular formula is C14H19N3O3. The summed E-state index contributed by atoms with van der Waals surface area (Å²) in [7, 11) is 3.12. The average Bonchev–Trinajstić information content (AvgIpc) is 2.94. The Hall–Kier alpha value is -2.08. The normalized spacial score (nSPS) is 12.2. The molecule has 0 aliphatic heterocycles. The Morgan fingerprint density at radius 2 is 1.90 bits per heavy atom. The van der Waals surface area contributed by atoms with Gasteiger partial charge >= 0.3 is 0 Å². The predicted octanol–water partition coefficient (Wildman–Crippen LogP) is 1.79. The Bertz CT molecular complexity index is 546. The van der Waals surface area contributed by atoms with Crippen LogP contribution in [0.5, 0.6) is 11.5 Å². The highest BCUT2D eigenvalue weighted by Gasteiger charge is 2.23. The first-order valence-electron chi connectivity index (χ1n) is 6.50. The third-order valence-corrected chi connectivity index (χ3v) is 3.10. The van der Waals surface area contributed by atoms with Crippen LogP contribution in [0, 0.1) is 0 Å². The van der Waals surface area contributed by atoms with Gasteiger partial charge in [-0.3, -0.25) is 0 Å². The summed E-state index contributed by atoms with van der Waals surface area (Å²) in [5.74, 6) is 1.14. The topological polar surface area (TPSA) is 69.4 Å². The largest absolute Gasteiger partial charge is 0.496 e. The highest BCUT2D eigenvalue weighted by atomic mass is 16.5. The number of rotatable bonds is 6. The lowest BCUT2D eigenvalue weighted by atomic mass is 10.0. The van der Waals surface area contributed by atoms with Crippen molar-refractivity contribution in [1.82, 2.24) is 15.0 Å².